The van der Waals surface area contributed by atoms with Crippen LogP contribution < -0.4 is 10.6 Å². The molecule has 2 rings (SSSR count). The normalized spacial score (nSPS) is 16.7. The standard InChI is InChI=1S/C21H35N3O2/c1-4-26-16-19-9-7-18(8-10-19)15-23-20(22-2)24-17-21(13-14-25-3)11-5-6-12-21/h7-10H,4-6,11-17H2,1-3H3,(H2,22,23,24). The van der Waals surface area contributed by atoms with Crippen molar-refractivity contribution in [2.75, 3.05) is 33.9 Å². The molecule has 0 bridgehead atoms. The lowest BCUT2D eigenvalue weighted by atomic mass is 9.83. The van der Waals surface area contributed by atoms with Gasteiger partial charge in [0.05, 0.1) is 6.61 Å². The predicted octanol–water partition coefficient (Wildman–Crippen LogP) is 3.49. The molecule has 0 heterocycles. The highest BCUT2D eigenvalue weighted by molar-refractivity contribution is 5.79. The molecule has 5 heteroatoms. The highest BCUT2D eigenvalue weighted by atomic mass is 16.5. The van der Waals surface area contributed by atoms with Crippen molar-refractivity contribution in [2.24, 2.45) is 10.4 Å². The highest BCUT2D eigenvalue weighted by Gasteiger charge is 2.33. The maximum Gasteiger partial charge on any atom is 0.191 e. The molecule has 0 unspecified atom stereocenters. The molecule has 1 aliphatic rings. The Morgan fingerprint density at radius 1 is 1.12 bits per heavy atom. The van der Waals surface area contributed by atoms with E-state index in [-0.39, 0.29) is 0 Å². The SMILES string of the molecule is CCOCc1ccc(CNC(=NC)NCC2(CCOC)CCCC2)cc1. The molecular formula is C21H35N3O2. The molecule has 5 nitrogen and oxygen atoms in total. The van der Waals surface area contributed by atoms with E-state index in [0.717, 1.165) is 38.7 Å². The van der Waals surface area contributed by atoms with Crippen LogP contribution in [0.15, 0.2) is 29.3 Å². The molecule has 1 aliphatic carbocycles. The second-order valence-corrected chi connectivity index (χ2v) is 7.18. The van der Waals surface area contributed by atoms with Crippen molar-refractivity contribution < 1.29 is 9.47 Å². The average molecular weight is 362 g/mol. The Kier molecular flexibility index (Phi) is 8.92. The van der Waals surface area contributed by atoms with Crippen molar-refractivity contribution in [3.63, 3.8) is 0 Å². The lowest BCUT2D eigenvalue weighted by molar-refractivity contribution is 0.134. The monoisotopic (exact) mass is 361 g/mol. The Hall–Kier alpha value is -1.59. The summed E-state index contributed by atoms with van der Waals surface area (Å²) in [6.07, 6.45) is 6.33. The summed E-state index contributed by atoms with van der Waals surface area (Å²) in [5.41, 5.74) is 2.80. The van der Waals surface area contributed by atoms with Crippen LogP contribution in [-0.2, 0) is 22.6 Å². The summed E-state index contributed by atoms with van der Waals surface area (Å²) in [7, 11) is 3.62. The van der Waals surface area contributed by atoms with Gasteiger partial charge in [-0.05, 0) is 42.7 Å². The van der Waals surface area contributed by atoms with Gasteiger partial charge < -0.3 is 20.1 Å². The van der Waals surface area contributed by atoms with E-state index in [1.807, 2.05) is 14.0 Å². The molecule has 1 saturated carbocycles. The summed E-state index contributed by atoms with van der Waals surface area (Å²) in [6.45, 7) is 6.00. The molecule has 0 radical (unpaired) electrons. The third kappa shape index (κ3) is 6.61. The average Bonchev–Trinajstić information content (AvgIpc) is 3.15. The first-order valence-corrected chi connectivity index (χ1v) is 9.80. The van der Waals surface area contributed by atoms with Gasteiger partial charge in [0.1, 0.15) is 0 Å². The van der Waals surface area contributed by atoms with Gasteiger partial charge in [-0.1, -0.05) is 37.1 Å². The van der Waals surface area contributed by atoms with Crippen LogP contribution in [0.2, 0.25) is 0 Å². The Labute approximate surface area is 158 Å². The minimum atomic E-state index is 0.356. The van der Waals surface area contributed by atoms with Gasteiger partial charge in [0.15, 0.2) is 5.96 Å². The van der Waals surface area contributed by atoms with E-state index in [9.17, 15) is 0 Å². The van der Waals surface area contributed by atoms with Crippen LogP contribution in [0.25, 0.3) is 0 Å². The molecule has 1 aromatic rings. The largest absolute Gasteiger partial charge is 0.385 e. The number of nitrogens with zero attached hydrogens (tertiary/aromatic N) is 1. The predicted molar refractivity (Wildman–Crippen MR) is 107 cm³/mol. The van der Waals surface area contributed by atoms with Gasteiger partial charge in [0, 0.05) is 40.5 Å². The van der Waals surface area contributed by atoms with Gasteiger partial charge in [0.25, 0.3) is 0 Å². The fraction of sp³-hybridized carbons (Fsp3) is 0.667. The molecule has 2 N–H and O–H groups in total. The maximum atomic E-state index is 5.44. The summed E-state index contributed by atoms with van der Waals surface area (Å²) in [6, 6.07) is 8.54. The number of hydrogen-bond acceptors (Lipinski definition) is 3. The summed E-state index contributed by atoms with van der Waals surface area (Å²) in [5.74, 6) is 0.868. The third-order valence-corrected chi connectivity index (χ3v) is 5.31. The zero-order chi connectivity index (χ0) is 18.7. The van der Waals surface area contributed by atoms with Gasteiger partial charge >= 0.3 is 0 Å². The molecule has 1 fully saturated rings. The van der Waals surface area contributed by atoms with Gasteiger partial charge in [-0.3, -0.25) is 4.99 Å². The second-order valence-electron chi connectivity index (χ2n) is 7.18. The van der Waals surface area contributed by atoms with Crippen molar-refractivity contribution in [2.45, 2.75) is 52.2 Å². The second kappa shape index (κ2) is 11.2. The van der Waals surface area contributed by atoms with Crippen molar-refractivity contribution >= 4 is 5.96 Å². The van der Waals surface area contributed by atoms with E-state index in [1.165, 1.54) is 36.8 Å². The summed E-state index contributed by atoms with van der Waals surface area (Å²) < 4.78 is 10.8. The van der Waals surface area contributed by atoms with Crippen LogP contribution in [0, 0.1) is 5.41 Å². The number of guanidine groups is 1. The van der Waals surface area contributed by atoms with E-state index in [0.29, 0.717) is 12.0 Å². The number of hydrogen-bond donors (Lipinski definition) is 2. The zero-order valence-electron chi connectivity index (χ0n) is 16.6. The Bertz CT molecular complexity index is 537. The molecule has 0 spiro atoms. The minimum absolute atomic E-state index is 0.356. The third-order valence-electron chi connectivity index (χ3n) is 5.31. The quantitative estimate of drug-likeness (QED) is 0.495. The van der Waals surface area contributed by atoms with Crippen LogP contribution in [0.1, 0.15) is 50.2 Å². The molecule has 146 valence electrons. The Morgan fingerprint density at radius 2 is 1.81 bits per heavy atom. The highest BCUT2D eigenvalue weighted by Crippen LogP contribution is 2.40. The molecular weight excluding hydrogens is 326 g/mol. The lowest BCUT2D eigenvalue weighted by Gasteiger charge is -2.30. The van der Waals surface area contributed by atoms with E-state index < -0.39 is 0 Å². The molecule has 0 aliphatic heterocycles. The first-order chi connectivity index (χ1) is 12.7. The number of methoxy groups -OCH3 is 1. The van der Waals surface area contributed by atoms with Gasteiger partial charge in [-0.15, -0.1) is 0 Å². The van der Waals surface area contributed by atoms with Crippen LogP contribution >= 0.6 is 0 Å². The van der Waals surface area contributed by atoms with Crippen molar-refractivity contribution in [1.82, 2.24) is 10.6 Å². The molecule has 1 aromatic carbocycles. The summed E-state index contributed by atoms with van der Waals surface area (Å²) >= 11 is 0. The van der Waals surface area contributed by atoms with Crippen molar-refractivity contribution in [1.29, 1.82) is 0 Å². The fourth-order valence-corrected chi connectivity index (χ4v) is 3.61. The van der Waals surface area contributed by atoms with E-state index >= 15 is 0 Å². The Morgan fingerprint density at radius 3 is 2.42 bits per heavy atom. The van der Waals surface area contributed by atoms with Crippen LogP contribution in [0.5, 0.6) is 0 Å². The minimum Gasteiger partial charge on any atom is -0.385 e. The van der Waals surface area contributed by atoms with E-state index in [1.54, 1.807) is 7.11 Å². The van der Waals surface area contributed by atoms with Gasteiger partial charge in [-0.25, -0.2) is 0 Å². The van der Waals surface area contributed by atoms with Gasteiger partial charge in [-0.2, -0.15) is 0 Å². The maximum absolute atomic E-state index is 5.44. The summed E-state index contributed by atoms with van der Waals surface area (Å²) in [5, 5.41) is 6.96. The Balaban J connectivity index is 1.80. The summed E-state index contributed by atoms with van der Waals surface area (Å²) in [4.78, 5) is 4.38. The fourth-order valence-electron chi connectivity index (χ4n) is 3.61. The number of nitrogens with one attached hydrogen (secondary N) is 2. The molecule has 0 atom stereocenters. The lowest BCUT2D eigenvalue weighted by Crippen LogP contribution is -2.43. The molecule has 26 heavy (non-hydrogen) atoms. The zero-order valence-corrected chi connectivity index (χ0v) is 16.6. The smallest absolute Gasteiger partial charge is 0.191 e. The molecule has 0 aromatic heterocycles. The number of benzene rings is 1. The van der Waals surface area contributed by atoms with Crippen LogP contribution in [-0.4, -0.2) is 39.9 Å². The van der Waals surface area contributed by atoms with Crippen molar-refractivity contribution in [3.8, 4) is 0 Å². The van der Waals surface area contributed by atoms with Crippen LogP contribution in [0.4, 0.5) is 0 Å². The van der Waals surface area contributed by atoms with Gasteiger partial charge in [0.2, 0.25) is 0 Å². The van der Waals surface area contributed by atoms with E-state index in [2.05, 4.69) is 39.9 Å². The molecule has 0 amide bonds. The number of ether oxygens (including phenoxy) is 2. The first-order valence-electron chi connectivity index (χ1n) is 9.80. The van der Waals surface area contributed by atoms with Crippen LogP contribution in [0.3, 0.4) is 0 Å². The first kappa shape index (κ1) is 20.7. The topological polar surface area (TPSA) is 54.9 Å². The van der Waals surface area contributed by atoms with E-state index in [4.69, 9.17) is 9.47 Å². The number of rotatable bonds is 10. The van der Waals surface area contributed by atoms with Crippen molar-refractivity contribution in [3.05, 3.63) is 35.4 Å². The molecule has 0 saturated heterocycles. The number of aliphatic imine (C=N–C) groups is 1.